The Morgan fingerprint density at radius 2 is 2.04 bits per heavy atom. The fourth-order valence-electron chi connectivity index (χ4n) is 2.26. The minimum Gasteiger partial charge on any atom is -0.497 e. The zero-order valence-corrected chi connectivity index (χ0v) is 13.1. The summed E-state index contributed by atoms with van der Waals surface area (Å²) in [5, 5.41) is 6.12. The van der Waals surface area contributed by atoms with E-state index in [2.05, 4.69) is 20.3 Å². The molecule has 0 saturated carbocycles. The van der Waals surface area contributed by atoms with Gasteiger partial charge in [0.15, 0.2) is 5.13 Å². The Bertz CT molecular complexity index is 944. The molecule has 0 amide bonds. The average Bonchev–Trinajstić information content (AvgIpc) is 3.22. The molecular formula is C16H13N5OS. The van der Waals surface area contributed by atoms with Gasteiger partial charge in [0.05, 0.1) is 19.0 Å². The Morgan fingerprint density at radius 3 is 2.87 bits per heavy atom. The van der Waals surface area contributed by atoms with Crippen molar-refractivity contribution < 1.29 is 4.74 Å². The van der Waals surface area contributed by atoms with Crippen LogP contribution in [-0.2, 0) is 0 Å². The van der Waals surface area contributed by atoms with E-state index in [1.807, 2.05) is 46.3 Å². The van der Waals surface area contributed by atoms with Crippen LogP contribution in [0.15, 0.2) is 54.3 Å². The smallest absolute Gasteiger partial charge is 0.234 e. The molecule has 0 unspecified atom stereocenters. The number of methoxy groups -OCH3 is 1. The zero-order chi connectivity index (χ0) is 15.6. The average molecular weight is 323 g/mol. The van der Waals surface area contributed by atoms with Crippen LogP contribution in [0.3, 0.4) is 0 Å². The lowest BCUT2D eigenvalue weighted by Gasteiger charge is -2.04. The van der Waals surface area contributed by atoms with E-state index in [1.165, 1.54) is 0 Å². The molecule has 4 rings (SSSR count). The van der Waals surface area contributed by atoms with Crippen molar-refractivity contribution in [3.8, 4) is 17.1 Å². The van der Waals surface area contributed by atoms with Crippen LogP contribution in [0.1, 0.15) is 0 Å². The third-order valence-corrected chi connectivity index (χ3v) is 4.15. The molecule has 3 heterocycles. The van der Waals surface area contributed by atoms with E-state index in [4.69, 9.17) is 4.74 Å². The Balaban J connectivity index is 1.61. The molecular weight excluding hydrogens is 310 g/mol. The first-order chi connectivity index (χ1) is 11.3. The number of hydrogen-bond acceptors (Lipinski definition) is 6. The summed E-state index contributed by atoms with van der Waals surface area (Å²) in [6, 6.07) is 9.61. The van der Waals surface area contributed by atoms with Gasteiger partial charge in [0.1, 0.15) is 11.4 Å². The summed E-state index contributed by atoms with van der Waals surface area (Å²) >= 11 is 1.55. The fourth-order valence-corrected chi connectivity index (χ4v) is 2.99. The summed E-state index contributed by atoms with van der Waals surface area (Å²) in [5.41, 5.74) is 2.75. The highest BCUT2D eigenvalue weighted by Gasteiger charge is 2.10. The molecule has 7 heteroatoms. The second-order valence-corrected chi connectivity index (χ2v) is 5.68. The van der Waals surface area contributed by atoms with Gasteiger partial charge < -0.3 is 10.1 Å². The number of benzene rings is 1. The maximum atomic E-state index is 5.16. The van der Waals surface area contributed by atoms with Gasteiger partial charge in [-0.05, 0) is 30.3 Å². The Kier molecular flexibility index (Phi) is 3.39. The maximum absolute atomic E-state index is 5.16. The number of fused-ring (bicyclic) bond motifs is 1. The van der Waals surface area contributed by atoms with Crippen molar-refractivity contribution in [1.82, 2.24) is 19.4 Å². The molecule has 6 nitrogen and oxygen atoms in total. The summed E-state index contributed by atoms with van der Waals surface area (Å²) in [6.45, 7) is 0. The molecule has 0 spiro atoms. The van der Waals surface area contributed by atoms with E-state index >= 15 is 0 Å². The molecule has 1 aromatic carbocycles. The molecule has 0 aliphatic rings. The van der Waals surface area contributed by atoms with Gasteiger partial charge in [0, 0.05) is 23.5 Å². The second-order valence-electron chi connectivity index (χ2n) is 4.82. The number of rotatable bonds is 4. The van der Waals surface area contributed by atoms with Gasteiger partial charge in [-0.15, -0.1) is 11.3 Å². The maximum Gasteiger partial charge on any atom is 0.234 e. The second kappa shape index (κ2) is 5.69. The highest BCUT2D eigenvalue weighted by atomic mass is 32.1. The van der Waals surface area contributed by atoms with E-state index in [1.54, 1.807) is 30.8 Å². The zero-order valence-electron chi connectivity index (χ0n) is 12.3. The van der Waals surface area contributed by atoms with Crippen molar-refractivity contribution >= 4 is 27.9 Å². The first-order valence-electron chi connectivity index (χ1n) is 6.98. The van der Waals surface area contributed by atoms with Gasteiger partial charge in [-0.25, -0.2) is 15.0 Å². The van der Waals surface area contributed by atoms with Crippen LogP contribution in [0.5, 0.6) is 5.75 Å². The van der Waals surface area contributed by atoms with Gasteiger partial charge in [-0.3, -0.25) is 4.40 Å². The van der Waals surface area contributed by atoms with Crippen molar-refractivity contribution in [1.29, 1.82) is 0 Å². The predicted octanol–water partition coefficient (Wildman–Crippen LogP) is 3.61. The molecule has 4 aromatic rings. The van der Waals surface area contributed by atoms with E-state index in [9.17, 15) is 0 Å². The third kappa shape index (κ3) is 2.62. The summed E-state index contributed by atoms with van der Waals surface area (Å²) in [7, 11) is 1.65. The van der Waals surface area contributed by atoms with Gasteiger partial charge >= 0.3 is 0 Å². The molecule has 1 N–H and O–H groups in total. The first-order valence-corrected chi connectivity index (χ1v) is 7.86. The number of nitrogens with one attached hydrogen (secondary N) is 1. The molecule has 0 aliphatic carbocycles. The van der Waals surface area contributed by atoms with Gasteiger partial charge in [-0.2, -0.15) is 0 Å². The van der Waals surface area contributed by atoms with E-state index < -0.39 is 0 Å². The van der Waals surface area contributed by atoms with Crippen LogP contribution >= 0.6 is 11.3 Å². The SMILES string of the molecule is COc1ccc(Nc2nc(-c3cnc4ncccn34)cs2)cc1. The number of anilines is 2. The van der Waals surface area contributed by atoms with Crippen molar-refractivity contribution in [2.45, 2.75) is 0 Å². The number of aromatic nitrogens is 4. The molecule has 23 heavy (non-hydrogen) atoms. The molecule has 0 radical (unpaired) electrons. The Morgan fingerprint density at radius 1 is 1.17 bits per heavy atom. The number of thiazole rings is 1. The van der Waals surface area contributed by atoms with Gasteiger partial charge in [0.2, 0.25) is 5.78 Å². The lowest BCUT2D eigenvalue weighted by molar-refractivity contribution is 0.415. The van der Waals surface area contributed by atoms with Crippen molar-refractivity contribution in [2.75, 3.05) is 12.4 Å². The monoisotopic (exact) mass is 323 g/mol. The highest BCUT2D eigenvalue weighted by molar-refractivity contribution is 7.14. The third-order valence-electron chi connectivity index (χ3n) is 3.40. The number of nitrogens with zero attached hydrogens (tertiary/aromatic N) is 4. The van der Waals surface area contributed by atoms with Crippen LogP contribution in [0.2, 0.25) is 0 Å². The minimum absolute atomic E-state index is 0.667. The summed E-state index contributed by atoms with van der Waals surface area (Å²) < 4.78 is 7.08. The summed E-state index contributed by atoms with van der Waals surface area (Å²) in [4.78, 5) is 13.1. The lowest BCUT2D eigenvalue weighted by atomic mass is 10.3. The minimum atomic E-state index is 0.667. The molecule has 114 valence electrons. The van der Waals surface area contributed by atoms with Crippen LogP contribution in [0.4, 0.5) is 10.8 Å². The summed E-state index contributed by atoms with van der Waals surface area (Å²) in [6.07, 6.45) is 5.44. The number of hydrogen-bond donors (Lipinski definition) is 1. The molecule has 0 fully saturated rings. The predicted molar refractivity (Wildman–Crippen MR) is 90.4 cm³/mol. The van der Waals surface area contributed by atoms with E-state index in [0.29, 0.717) is 5.78 Å². The van der Waals surface area contributed by atoms with E-state index in [0.717, 1.165) is 28.0 Å². The van der Waals surface area contributed by atoms with E-state index in [-0.39, 0.29) is 0 Å². The molecule has 0 atom stereocenters. The van der Waals surface area contributed by atoms with Gasteiger partial charge in [-0.1, -0.05) is 0 Å². The van der Waals surface area contributed by atoms with Crippen LogP contribution in [-0.4, -0.2) is 26.5 Å². The quantitative estimate of drug-likeness (QED) is 0.621. The molecule has 3 aromatic heterocycles. The van der Waals surface area contributed by atoms with Gasteiger partial charge in [0.25, 0.3) is 0 Å². The standard InChI is InChI=1S/C16H13N5OS/c1-22-12-5-3-11(4-6-12)19-16-20-13(10-23-16)14-9-18-15-17-7-2-8-21(14)15/h2-10H,1H3,(H,19,20). The lowest BCUT2D eigenvalue weighted by Crippen LogP contribution is -1.92. The number of ether oxygens (including phenoxy) is 1. The fraction of sp³-hybridized carbons (Fsp3) is 0.0625. The molecule has 0 aliphatic heterocycles. The molecule has 0 bridgehead atoms. The topological polar surface area (TPSA) is 64.3 Å². The van der Waals surface area contributed by atoms with Crippen molar-refractivity contribution in [3.05, 3.63) is 54.3 Å². The Hall–Kier alpha value is -2.93. The van der Waals surface area contributed by atoms with Crippen LogP contribution in [0.25, 0.3) is 17.2 Å². The molecule has 0 saturated heterocycles. The highest BCUT2D eigenvalue weighted by Crippen LogP contribution is 2.28. The number of imidazole rings is 1. The normalized spacial score (nSPS) is 10.8. The largest absolute Gasteiger partial charge is 0.497 e. The van der Waals surface area contributed by atoms with Crippen LogP contribution < -0.4 is 10.1 Å². The Labute approximate surface area is 136 Å². The van der Waals surface area contributed by atoms with Crippen molar-refractivity contribution in [3.63, 3.8) is 0 Å². The van der Waals surface area contributed by atoms with Crippen molar-refractivity contribution in [2.24, 2.45) is 0 Å². The summed E-state index contributed by atoms with van der Waals surface area (Å²) in [5.74, 6) is 1.49. The first kappa shape index (κ1) is 13.7. The van der Waals surface area contributed by atoms with Crippen LogP contribution in [0, 0.1) is 0 Å².